The number of aromatic nitrogens is 1. The molecular weight excluding hydrogens is 410 g/mol. The number of ether oxygens (including phenoxy) is 1. The number of nitrogens with zero attached hydrogens (tertiary/aromatic N) is 2. The number of amides is 2. The molecule has 1 aromatic heterocycles. The largest absolute Gasteiger partial charge is 0.480 e. The Morgan fingerprint density at radius 1 is 1.16 bits per heavy atom. The van der Waals surface area contributed by atoms with Crippen LogP contribution in [0, 0.1) is 6.92 Å². The van der Waals surface area contributed by atoms with Crippen molar-refractivity contribution in [2.24, 2.45) is 0 Å². The third-order valence-corrected chi connectivity index (χ3v) is 4.49. The van der Waals surface area contributed by atoms with Gasteiger partial charge in [-0.3, -0.25) is 9.69 Å². The molecule has 172 valence electrons. The predicted octanol–water partition coefficient (Wildman–Crippen LogP) is 3.72. The van der Waals surface area contributed by atoms with Crippen molar-refractivity contribution in [3.8, 4) is 0 Å². The van der Waals surface area contributed by atoms with E-state index in [2.05, 4.69) is 10.3 Å². The van der Waals surface area contributed by atoms with Crippen molar-refractivity contribution in [2.75, 3.05) is 11.4 Å². The summed E-state index contributed by atoms with van der Waals surface area (Å²) in [6.07, 6.45) is 1.63. The van der Waals surface area contributed by atoms with Gasteiger partial charge in [0.15, 0.2) is 0 Å². The van der Waals surface area contributed by atoms with Gasteiger partial charge in [0.25, 0.3) is 0 Å². The number of anilines is 1. The first-order valence-electron chi connectivity index (χ1n) is 10.5. The van der Waals surface area contributed by atoms with E-state index in [1.54, 1.807) is 33.0 Å². The molecule has 1 heterocycles. The standard InChI is InChI=1S/C24H31N3O5/c1-17-12-13-25-20(15-17)27(23(31)32-24(2,3)4)14-8-11-21(28)26-19(22(29)30)16-18-9-6-5-7-10-18/h5-7,9-10,12-13,15,19H,8,11,14,16H2,1-4H3,(H,26,28)(H,29,30)/t19-/m0/s1. The highest BCUT2D eigenvalue weighted by Crippen LogP contribution is 2.18. The zero-order valence-corrected chi connectivity index (χ0v) is 19.0. The molecule has 8 nitrogen and oxygen atoms in total. The van der Waals surface area contributed by atoms with Crippen LogP contribution >= 0.6 is 0 Å². The average Bonchev–Trinajstić information content (AvgIpc) is 2.70. The number of nitrogens with one attached hydrogen (secondary N) is 1. The maximum Gasteiger partial charge on any atom is 0.416 e. The molecule has 2 amide bonds. The van der Waals surface area contributed by atoms with Crippen LogP contribution in [0.25, 0.3) is 0 Å². The van der Waals surface area contributed by atoms with Gasteiger partial charge in [-0.1, -0.05) is 30.3 Å². The molecule has 0 bridgehead atoms. The first kappa shape index (κ1) is 24.8. The first-order valence-corrected chi connectivity index (χ1v) is 10.5. The van der Waals surface area contributed by atoms with Crippen LogP contribution in [0.1, 0.15) is 44.7 Å². The van der Waals surface area contributed by atoms with E-state index < -0.39 is 29.6 Å². The van der Waals surface area contributed by atoms with Gasteiger partial charge in [0.2, 0.25) is 5.91 Å². The lowest BCUT2D eigenvalue weighted by Gasteiger charge is -2.27. The Morgan fingerprint density at radius 3 is 2.44 bits per heavy atom. The van der Waals surface area contributed by atoms with Crippen LogP contribution < -0.4 is 10.2 Å². The molecule has 0 aliphatic rings. The van der Waals surface area contributed by atoms with Gasteiger partial charge in [-0.25, -0.2) is 14.6 Å². The minimum atomic E-state index is -1.10. The lowest BCUT2D eigenvalue weighted by atomic mass is 10.1. The summed E-state index contributed by atoms with van der Waals surface area (Å²) in [4.78, 5) is 42.3. The van der Waals surface area contributed by atoms with E-state index in [4.69, 9.17) is 4.74 Å². The summed E-state index contributed by atoms with van der Waals surface area (Å²) in [5.74, 6) is -1.05. The van der Waals surface area contributed by atoms with Gasteiger partial charge < -0.3 is 15.2 Å². The van der Waals surface area contributed by atoms with Crippen molar-refractivity contribution >= 4 is 23.8 Å². The van der Waals surface area contributed by atoms with Crippen LogP contribution in [-0.2, 0) is 20.7 Å². The minimum absolute atomic E-state index is 0.0592. The second-order valence-corrected chi connectivity index (χ2v) is 8.57. The molecule has 0 unspecified atom stereocenters. The molecule has 8 heteroatoms. The Bertz CT molecular complexity index is 925. The smallest absolute Gasteiger partial charge is 0.416 e. The topological polar surface area (TPSA) is 109 Å². The monoisotopic (exact) mass is 441 g/mol. The van der Waals surface area contributed by atoms with Crippen LogP contribution in [0.2, 0.25) is 0 Å². The molecule has 0 aliphatic heterocycles. The summed E-state index contributed by atoms with van der Waals surface area (Å²) in [5, 5.41) is 12.0. The molecule has 0 fully saturated rings. The van der Waals surface area contributed by atoms with E-state index in [9.17, 15) is 19.5 Å². The van der Waals surface area contributed by atoms with Crippen molar-refractivity contribution in [3.05, 3.63) is 59.8 Å². The molecule has 2 rings (SSSR count). The highest BCUT2D eigenvalue weighted by molar-refractivity contribution is 5.87. The number of benzene rings is 1. The van der Waals surface area contributed by atoms with Crippen LogP contribution in [0.4, 0.5) is 10.6 Å². The molecular formula is C24H31N3O5. The van der Waals surface area contributed by atoms with Crippen LogP contribution in [-0.4, -0.2) is 46.2 Å². The van der Waals surface area contributed by atoms with Gasteiger partial charge in [0.1, 0.15) is 17.5 Å². The van der Waals surface area contributed by atoms with E-state index >= 15 is 0 Å². The van der Waals surface area contributed by atoms with E-state index in [1.807, 2.05) is 43.3 Å². The molecule has 0 spiro atoms. The summed E-state index contributed by atoms with van der Waals surface area (Å²) in [5.41, 5.74) is 1.08. The number of carbonyl (C=O) groups excluding carboxylic acids is 2. The summed E-state index contributed by atoms with van der Waals surface area (Å²) < 4.78 is 5.48. The fourth-order valence-electron chi connectivity index (χ4n) is 3.00. The van der Waals surface area contributed by atoms with Crippen LogP contribution in [0.3, 0.4) is 0 Å². The first-order chi connectivity index (χ1) is 15.0. The number of aryl methyl sites for hydroxylation is 1. The summed E-state index contributed by atoms with van der Waals surface area (Å²) >= 11 is 0. The zero-order valence-electron chi connectivity index (χ0n) is 19.0. The third kappa shape index (κ3) is 8.37. The Balaban J connectivity index is 1.98. The van der Waals surface area contributed by atoms with E-state index in [-0.39, 0.29) is 19.4 Å². The van der Waals surface area contributed by atoms with E-state index in [0.29, 0.717) is 12.2 Å². The minimum Gasteiger partial charge on any atom is -0.480 e. The number of carbonyl (C=O) groups is 3. The fraction of sp³-hybridized carbons (Fsp3) is 0.417. The maximum absolute atomic E-state index is 12.7. The molecule has 2 aromatic rings. The Hall–Kier alpha value is -3.42. The van der Waals surface area contributed by atoms with Crippen molar-refractivity contribution in [1.82, 2.24) is 10.3 Å². The second-order valence-electron chi connectivity index (χ2n) is 8.57. The maximum atomic E-state index is 12.7. The van der Waals surface area contributed by atoms with Crippen LogP contribution in [0.5, 0.6) is 0 Å². The number of rotatable bonds is 9. The normalized spacial score (nSPS) is 12.0. The summed E-state index contributed by atoms with van der Waals surface area (Å²) in [7, 11) is 0. The van der Waals surface area contributed by atoms with Crippen molar-refractivity contribution in [3.63, 3.8) is 0 Å². The quantitative estimate of drug-likeness (QED) is 0.614. The van der Waals surface area contributed by atoms with Gasteiger partial charge in [-0.15, -0.1) is 0 Å². The lowest BCUT2D eigenvalue weighted by Crippen LogP contribution is -2.43. The Morgan fingerprint density at radius 2 is 1.84 bits per heavy atom. The zero-order chi connectivity index (χ0) is 23.7. The SMILES string of the molecule is Cc1ccnc(N(CCCC(=O)N[C@@H](Cc2ccccc2)C(=O)O)C(=O)OC(C)(C)C)c1. The molecule has 32 heavy (non-hydrogen) atoms. The van der Waals surface area contributed by atoms with Gasteiger partial charge in [-0.2, -0.15) is 0 Å². The average molecular weight is 442 g/mol. The Kier molecular flexibility index (Phi) is 8.75. The number of carboxylic acids is 1. The molecule has 0 saturated carbocycles. The number of pyridine rings is 1. The molecule has 0 saturated heterocycles. The highest BCUT2D eigenvalue weighted by atomic mass is 16.6. The molecule has 2 N–H and O–H groups in total. The summed E-state index contributed by atoms with van der Waals surface area (Å²) in [6, 6.07) is 11.7. The van der Waals surface area contributed by atoms with Crippen molar-refractivity contribution in [2.45, 2.75) is 58.6 Å². The van der Waals surface area contributed by atoms with Crippen molar-refractivity contribution in [1.29, 1.82) is 0 Å². The molecule has 0 radical (unpaired) electrons. The predicted molar refractivity (Wildman–Crippen MR) is 122 cm³/mol. The van der Waals surface area contributed by atoms with E-state index in [0.717, 1.165) is 11.1 Å². The number of hydrogen-bond acceptors (Lipinski definition) is 5. The van der Waals surface area contributed by atoms with Crippen molar-refractivity contribution < 1.29 is 24.2 Å². The summed E-state index contributed by atoms with van der Waals surface area (Å²) in [6.45, 7) is 7.43. The third-order valence-electron chi connectivity index (χ3n) is 4.49. The number of hydrogen-bond donors (Lipinski definition) is 2. The van der Waals surface area contributed by atoms with Gasteiger partial charge in [0, 0.05) is 25.6 Å². The number of carboxylic acid groups (broad SMARTS) is 1. The molecule has 1 atom stereocenters. The lowest BCUT2D eigenvalue weighted by molar-refractivity contribution is -0.141. The molecule has 0 aliphatic carbocycles. The second kappa shape index (κ2) is 11.3. The number of aliphatic carboxylic acids is 1. The Labute approximate surface area is 188 Å². The van der Waals surface area contributed by atoms with Gasteiger partial charge in [0.05, 0.1) is 0 Å². The molecule has 1 aromatic carbocycles. The van der Waals surface area contributed by atoms with Gasteiger partial charge in [-0.05, 0) is 57.4 Å². The highest BCUT2D eigenvalue weighted by Gasteiger charge is 2.25. The van der Waals surface area contributed by atoms with E-state index in [1.165, 1.54) is 4.90 Å². The van der Waals surface area contributed by atoms with Crippen LogP contribution in [0.15, 0.2) is 48.7 Å². The van der Waals surface area contributed by atoms with Gasteiger partial charge >= 0.3 is 12.1 Å². The fourth-order valence-corrected chi connectivity index (χ4v) is 3.00.